The molecule has 0 aliphatic carbocycles. The van der Waals surface area contributed by atoms with Crippen molar-refractivity contribution >= 4 is 22.2 Å². The first-order valence-electron chi connectivity index (χ1n) is 4.72. The molecule has 1 heterocycles. The van der Waals surface area contributed by atoms with Crippen LogP contribution >= 0.6 is 15.9 Å². The van der Waals surface area contributed by atoms with Gasteiger partial charge < -0.3 is 4.74 Å². The van der Waals surface area contributed by atoms with Crippen molar-refractivity contribution in [1.82, 2.24) is 4.98 Å². The zero-order valence-corrected chi connectivity index (χ0v) is 10.1. The van der Waals surface area contributed by atoms with Gasteiger partial charge in [0.05, 0.1) is 6.20 Å². The van der Waals surface area contributed by atoms with Crippen molar-refractivity contribution in [2.75, 3.05) is 0 Å². The van der Waals surface area contributed by atoms with Crippen LogP contribution in [0.25, 0.3) is 0 Å². The summed E-state index contributed by atoms with van der Waals surface area (Å²) < 4.78 is 19.4. The van der Waals surface area contributed by atoms with Crippen molar-refractivity contribution in [3.8, 4) is 11.5 Å². The molecule has 0 atom stereocenters. The Hall–Kier alpha value is -1.75. The van der Waals surface area contributed by atoms with Gasteiger partial charge in [-0.25, -0.2) is 4.39 Å². The van der Waals surface area contributed by atoms with Gasteiger partial charge in [-0.15, -0.1) is 0 Å². The van der Waals surface area contributed by atoms with Gasteiger partial charge in [0.2, 0.25) is 0 Å². The smallest absolute Gasteiger partial charge is 0.165 e. The SMILES string of the molecule is O=Cc1cncc(Oc2cc(Br)ccc2F)c1. The third kappa shape index (κ3) is 2.88. The normalized spacial score (nSPS) is 10.0. The lowest BCUT2D eigenvalue weighted by Gasteiger charge is -2.06. The molecule has 5 heteroatoms. The van der Waals surface area contributed by atoms with E-state index in [2.05, 4.69) is 20.9 Å². The molecule has 0 amide bonds. The maximum atomic E-state index is 13.4. The molecule has 0 N–H and O–H groups in total. The first kappa shape index (κ1) is 11.7. The van der Waals surface area contributed by atoms with E-state index in [1.54, 1.807) is 6.07 Å². The molecule has 0 spiro atoms. The van der Waals surface area contributed by atoms with E-state index in [-0.39, 0.29) is 5.75 Å². The Balaban J connectivity index is 2.30. The second-order valence-electron chi connectivity index (χ2n) is 3.25. The fourth-order valence-corrected chi connectivity index (χ4v) is 1.58. The van der Waals surface area contributed by atoms with Crippen LogP contribution in [0.2, 0.25) is 0 Å². The quantitative estimate of drug-likeness (QED) is 0.813. The molecule has 0 aliphatic rings. The Morgan fingerprint density at radius 2 is 2.12 bits per heavy atom. The summed E-state index contributed by atoms with van der Waals surface area (Å²) in [5, 5.41) is 0. The summed E-state index contributed by atoms with van der Waals surface area (Å²) in [5.74, 6) is -0.0967. The highest BCUT2D eigenvalue weighted by molar-refractivity contribution is 9.10. The van der Waals surface area contributed by atoms with E-state index in [9.17, 15) is 9.18 Å². The van der Waals surface area contributed by atoms with Crippen molar-refractivity contribution in [3.63, 3.8) is 0 Å². The maximum absolute atomic E-state index is 13.4. The van der Waals surface area contributed by atoms with Crippen molar-refractivity contribution < 1.29 is 13.9 Å². The van der Waals surface area contributed by atoms with Gasteiger partial charge in [-0.05, 0) is 24.3 Å². The van der Waals surface area contributed by atoms with Crippen LogP contribution < -0.4 is 4.74 Å². The number of halogens is 2. The van der Waals surface area contributed by atoms with Crippen LogP contribution in [-0.2, 0) is 0 Å². The van der Waals surface area contributed by atoms with Gasteiger partial charge in [0.25, 0.3) is 0 Å². The van der Waals surface area contributed by atoms with Gasteiger partial charge in [0.15, 0.2) is 17.9 Å². The summed E-state index contributed by atoms with van der Waals surface area (Å²) in [4.78, 5) is 14.4. The van der Waals surface area contributed by atoms with Gasteiger partial charge in [0, 0.05) is 16.2 Å². The molecule has 0 unspecified atom stereocenters. The first-order valence-corrected chi connectivity index (χ1v) is 5.51. The second-order valence-corrected chi connectivity index (χ2v) is 4.16. The van der Waals surface area contributed by atoms with Crippen LogP contribution in [0.4, 0.5) is 4.39 Å². The summed E-state index contributed by atoms with van der Waals surface area (Å²) in [6, 6.07) is 5.85. The number of carbonyl (C=O) groups is 1. The number of hydrogen-bond acceptors (Lipinski definition) is 3. The molecular formula is C12H7BrFNO2. The van der Waals surface area contributed by atoms with Crippen molar-refractivity contribution in [2.24, 2.45) is 0 Å². The van der Waals surface area contributed by atoms with Crippen LogP contribution in [0.3, 0.4) is 0 Å². The summed E-state index contributed by atoms with van der Waals surface area (Å²) in [6.45, 7) is 0. The van der Waals surface area contributed by atoms with E-state index < -0.39 is 5.82 Å². The maximum Gasteiger partial charge on any atom is 0.165 e. The van der Waals surface area contributed by atoms with Crippen LogP contribution in [0, 0.1) is 5.82 Å². The molecule has 17 heavy (non-hydrogen) atoms. The van der Waals surface area contributed by atoms with E-state index in [0.717, 1.165) is 0 Å². The van der Waals surface area contributed by atoms with E-state index in [4.69, 9.17) is 4.74 Å². The third-order valence-electron chi connectivity index (χ3n) is 1.99. The lowest BCUT2D eigenvalue weighted by Crippen LogP contribution is -1.91. The Morgan fingerprint density at radius 3 is 2.88 bits per heavy atom. The molecule has 2 rings (SSSR count). The molecule has 0 radical (unpaired) electrons. The van der Waals surface area contributed by atoms with E-state index in [1.165, 1.54) is 30.6 Å². The minimum absolute atomic E-state index is 0.0734. The molecule has 1 aromatic carbocycles. The Kier molecular flexibility index (Phi) is 3.49. The van der Waals surface area contributed by atoms with Gasteiger partial charge in [0.1, 0.15) is 5.75 Å². The van der Waals surface area contributed by atoms with Crippen molar-refractivity contribution in [3.05, 3.63) is 52.5 Å². The molecule has 0 saturated carbocycles. The predicted molar refractivity (Wildman–Crippen MR) is 63.8 cm³/mol. The van der Waals surface area contributed by atoms with Gasteiger partial charge in [-0.1, -0.05) is 15.9 Å². The average Bonchev–Trinajstić information content (AvgIpc) is 2.34. The summed E-state index contributed by atoms with van der Waals surface area (Å²) >= 11 is 3.22. The number of aldehydes is 1. The fraction of sp³-hybridized carbons (Fsp3) is 0. The minimum atomic E-state index is -0.482. The summed E-state index contributed by atoms with van der Waals surface area (Å²) in [5.41, 5.74) is 0.373. The highest BCUT2D eigenvalue weighted by atomic mass is 79.9. The van der Waals surface area contributed by atoms with Crippen molar-refractivity contribution in [1.29, 1.82) is 0 Å². The molecule has 1 aromatic heterocycles. The molecule has 2 aromatic rings. The molecule has 86 valence electrons. The highest BCUT2D eigenvalue weighted by Gasteiger charge is 2.06. The Morgan fingerprint density at radius 1 is 1.29 bits per heavy atom. The minimum Gasteiger partial charge on any atom is -0.453 e. The summed E-state index contributed by atoms with van der Waals surface area (Å²) in [6.07, 6.45) is 3.46. The zero-order chi connectivity index (χ0) is 12.3. The van der Waals surface area contributed by atoms with Gasteiger partial charge >= 0.3 is 0 Å². The van der Waals surface area contributed by atoms with E-state index in [1.807, 2.05) is 0 Å². The van der Waals surface area contributed by atoms with E-state index >= 15 is 0 Å². The first-order chi connectivity index (χ1) is 8.19. The van der Waals surface area contributed by atoms with Crippen LogP contribution in [0.15, 0.2) is 41.1 Å². The lowest BCUT2D eigenvalue weighted by molar-refractivity contribution is 0.112. The number of ether oxygens (including phenoxy) is 1. The third-order valence-corrected chi connectivity index (χ3v) is 2.48. The topological polar surface area (TPSA) is 39.2 Å². The molecular weight excluding hydrogens is 289 g/mol. The number of nitrogens with zero attached hydrogens (tertiary/aromatic N) is 1. The Bertz CT molecular complexity index is 560. The lowest BCUT2D eigenvalue weighted by atomic mass is 10.3. The fourth-order valence-electron chi connectivity index (χ4n) is 1.24. The van der Waals surface area contributed by atoms with Gasteiger partial charge in [-0.2, -0.15) is 0 Å². The largest absolute Gasteiger partial charge is 0.453 e. The second kappa shape index (κ2) is 5.05. The number of benzene rings is 1. The van der Waals surface area contributed by atoms with Crippen LogP contribution in [0.1, 0.15) is 10.4 Å². The number of pyridine rings is 1. The monoisotopic (exact) mass is 295 g/mol. The van der Waals surface area contributed by atoms with Crippen LogP contribution in [0.5, 0.6) is 11.5 Å². The number of rotatable bonds is 3. The molecule has 3 nitrogen and oxygen atoms in total. The number of hydrogen-bond donors (Lipinski definition) is 0. The summed E-state index contributed by atoms with van der Waals surface area (Å²) in [7, 11) is 0. The molecule has 0 fully saturated rings. The Labute approximate surface area is 105 Å². The number of aromatic nitrogens is 1. The standard InChI is InChI=1S/C12H7BrFNO2/c13-9-1-2-11(14)12(4-9)17-10-3-8(7-16)5-15-6-10/h1-7H. The zero-order valence-electron chi connectivity index (χ0n) is 8.56. The molecule has 0 saturated heterocycles. The average molecular weight is 296 g/mol. The van der Waals surface area contributed by atoms with E-state index in [0.29, 0.717) is 22.1 Å². The van der Waals surface area contributed by atoms with Crippen molar-refractivity contribution in [2.45, 2.75) is 0 Å². The highest BCUT2D eigenvalue weighted by Crippen LogP contribution is 2.27. The van der Waals surface area contributed by atoms with Gasteiger partial charge in [-0.3, -0.25) is 9.78 Å². The molecule has 0 bridgehead atoms. The predicted octanol–water partition coefficient (Wildman–Crippen LogP) is 3.59. The number of carbonyl (C=O) groups excluding carboxylic acids is 1. The van der Waals surface area contributed by atoms with Crippen LogP contribution in [-0.4, -0.2) is 11.3 Å². The molecule has 0 aliphatic heterocycles.